The van der Waals surface area contributed by atoms with E-state index in [4.69, 9.17) is 11.6 Å². The first-order chi connectivity index (χ1) is 9.13. The predicted octanol–water partition coefficient (Wildman–Crippen LogP) is 3.28. The van der Waals surface area contributed by atoms with E-state index in [1.807, 2.05) is 0 Å². The molecule has 1 aliphatic heterocycles. The van der Waals surface area contributed by atoms with Crippen LogP contribution in [0, 0.1) is 10.1 Å². The Morgan fingerprint density at radius 3 is 2.89 bits per heavy atom. The van der Waals surface area contributed by atoms with Crippen molar-refractivity contribution in [3.63, 3.8) is 0 Å². The number of amides is 1. The van der Waals surface area contributed by atoms with Crippen molar-refractivity contribution in [3.8, 4) is 0 Å². The number of nitrogens with zero attached hydrogens (tertiary/aromatic N) is 2. The summed E-state index contributed by atoms with van der Waals surface area (Å²) in [5.41, 5.74) is 0. The van der Waals surface area contributed by atoms with Gasteiger partial charge in [0.15, 0.2) is 0 Å². The van der Waals surface area contributed by atoms with Crippen LogP contribution in [0.25, 0.3) is 0 Å². The molecule has 2 heterocycles. The highest BCUT2D eigenvalue weighted by atomic mass is 35.5. The zero-order valence-corrected chi connectivity index (χ0v) is 12.0. The van der Waals surface area contributed by atoms with Crippen molar-refractivity contribution in [2.75, 3.05) is 12.4 Å². The van der Waals surface area contributed by atoms with E-state index in [9.17, 15) is 14.9 Å². The van der Waals surface area contributed by atoms with E-state index < -0.39 is 4.92 Å². The molecule has 1 unspecified atom stereocenters. The molecule has 1 saturated heterocycles. The van der Waals surface area contributed by atoms with Crippen LogP contribution in [0.4, 0.5) is 5.00 Å². The average Bonchev–Trinajstić information content (AvgIpc) is 2.77. The molecule has 5 nitrogen and oxygen atoms in total. The van der Waals surface area contributed by atoms with Gasteiger partial charge in [-0.3, -0.25) is 14.9 Å². The zero-order chi connectivity index (χ0) is 13.8. The minimum atomic E-state index is -0.469. The normalized spacial score (nSPS) is 20.1. The first kappa shape index (κ1) is 14.3. The molecule has 104 valence electrons. The molecule has 1 atom stereocenters. The van der Waals surface area contributed by atoms with E-state index in [1.165, 1.54) is 12.1 Å². The SMILES string of the molecule is O=C(c1ccc([N+](=O)[O-])s1)N1CCCCCC1CCl. The summed E-state index contributed by atoms with van der Waals surface area (Å²) in [5, 5.41) is 10.7. The summed E-state index contributed by atoms with van der Waals surface area (Å²) >= 11 is 6.86. The highest BCUT2D eigenvalue weighted by Gasteiger charge is 2.27. The van der Waals surface area contributed by atoms with Crippen molar-refractivity contribution in [3.05, 3.63) is 27.1 Å². The first-order valence-electron chi connectivity index (χ1n) is 6.24. The van der Waals surface area contributed by atoms with Crippen molar-refractivity contribution in [2.24, 2.45) is 0 Å². The van der Waals surface area contributed by atoms with Gasteiger partial charge in [0.25, 0.3) is 5.91 Å². The van der Waals surface area contributed by atoms with Crippen LogP contribution in [0.3, 0.4) is 0 Å². The number of likely N-dealkylation sites (tertiary alicyclic amines) is 1. The van der Waals surface area contributed by atoms with Crippen molar-refractivity contribution in [1.82, 2.24) is 4.90 Å². The van der Waals surface area contributed by atoms with Gasteiger partial charge in [0.1, 0.15) is 0 Å². The number of carbonyl (C=O) groups is 1. The van der Waals surface area contributed by atoms with Crippen LogP contribution in [-0.2, 0) is 0 Å². The van der Waals surface area contributed by atoms with Crippen LogP contribution in [0.2, 0.25) is 0 Å². The maximum atomic E-state index is 12.4. The summed E-state index contributed by atoms with van der Waals surface area (Å²) in [5.74, 6) is 0.282. The summed E-state index contributed by atoms with van der Waals surface area (Å²) in [4.78, 5) is 24.8. The van der Waals surface area contributed by atoms with Gasteiger partial charge in [-0.25, -0.2) is 0 Å². The first-order valence-corrected chi connectivity index (χ1v) is 7.59. The number of halogens is 1. The van der Waals surface area contributed by atoms with Gasteiger partial charge in [0, 0.05) is 24.5 Å². The molecule has 1 aromatic rings. The quantitative estimate of drug-likeness (QED) is 0.489. The van der Waals surface area contributed by atoms with Crippen molar-refractivity contribution in [1.29, 1.82) is 0 Å². The molecule has 0 radical (unpaired) electrons. The van der Waals surface area contributed by atoms with Crippen molar-refractivity contribution < 1.29 is 9.72 Å². The fourth-order valence-corrected chi connectivity index (χ4v) is 3.38. The van der Waals surface area contributed by atoms with Gasteiger partial charge in [-0.1, -0.05) is 24.2 Å². The average molecular weight is 303 g/mol. The van der Waals surface area contributed by atoms with Crippen LogP contribution in [0.1, 0.15) is 35.4 Å². The lowest BCUT2D eigenvalue weighted by atomic mass is 10.1. The van der Waals surface area contributed by atoms with E-state index in [-0.39, 0.29) is 17.0 Å². The summed E-state index contributed by atoms with van der Waals surface area (Å²) in [6.07, 6.45) is 4.04. The summed E-state index contributed by atoms with van der Waals surface area (Å²) < 4.78 is 0. The third-order valence-electron chi connectivity index (χ3n) is 3.30. The van der Waals surface area contributed by atoms with E-state index in [0.29, 0.717) is 17.3 Å². The fraction of sp³-hybridized carbons (Fsp3) is 0.583. The van der Waals surface area contributed by atoms with Gasteiger partial charge in [-0.15, -0.1) is 11.6 Å². The molecule has 1 aliphatic rings. The topological polar surface area (TPSA) is 63.4 Å². The molecule has 0 aliphatic carbocycles. The van der Waals surface area contributed by atoms with Gasteiger partial charge in [-0.05, 0) is 18.9 Å². The molecule has 19 heavy (non-hydrogen) atoms. The predicted molar refractivity (Wildman–Crippen MR) is 75.0 cm³/mol. The Kier molecular flexibility index (Phi) is 4.76. The number of hydrogen-bond donors (Lipinski definition) is 0. The van der Waals surface area contributed by atoms with Crippen molar-refractivity contribution >= 4 is 33.8 Å². The molecule has 1 aromatic heterocycles. The van der Waals surface area contributed by atoms with Gasteiger partial charge in [0.05, 0.1) is 9.80 Å². The lowest BCUT2D eigenvalue weighted by Gasteiger charge is -2.28. The van der Waals surface area contributed by atoms with Gasteiger partial charge < -0.3 is 4.90 Å². The molecule has 7 heteroatoms. The Morgan fingerprint density at radius 1 is 1.47 bits per heavy atom. The van der Waals surface area contributed by atoms with Crippen LogP contribution >= 0.6 is 22.9 Å². The third kappa shape index (κ3) is 3.25. The smallest absolute Gasteiger partial charge is 0.324 e. The van der Waals surface area contributed by atoms with Crippen LogP contribution in [0.15, 0.2) is 12.1 Å². The molecular formula is C12H15ClN2O3S. The Bertz CT molecular complexity index is 477. The van der Waals surface area contributed by atoms with Crippen LogP contribution < -0.4 is 0 Å². The second-order valence-electron chi connectivity index (χ2n) is 4.55. The maximum absolute atomic E-state index is 12.4. The van der Waals surface area contributed by atoms with Gasteiger partial charge >= 0.3 is 5.00 Å². The molecule has 0 saturated carbocycles. The standard InChI is InChI=1S/C12H15ClN2O3S/c13-8-9-4-2-1-3-7-14(9)12(16)10-5-6-11(19-10)15(17)18/h5-6,9H,1-4,7-8H2. The molecule has 0 bridgehead atoms. The zero-order valence-electron chi connectivity index (χ0n) is 10.4. The maximum Gasteiger partial charge on any atom is 0.324 e. The Hall–Kier alpha value is -1.14. The summed E-state index contributed by atoms with van der Waals surface area (Å²) in [6.45, 7) is 0.682. The Labute approximate surface area is 120 Å². The summed E-state index contributed by atoms with van der Waals surface area (Å²) in [7, 11) is 0. The minimum Gasteiger partial charge on any atom is -0.334 e. The fourth-order valence-electron chi connectivity index (χ4n) is 2.29. The largest absolute Gasteiger partial charge is 0.334 e. The number of hydrogen-bond acceptors (Lipinski definition) is 4. The van der Waals surface area contributed by atoms with E-state index in [2.05, 4.69) is 0 Å². The number of rotatable bonds is 3. The molecule has 1 amide bonds. The second-order valence-corrected chi connectivity index (χ2v) is 5.92. The lowest BCUT2D eigenvalue weighted by Crippen LogP contribution is -2.40. The van der Waals surface area contributed by atoms with E-state index >= 15 is 0 Å². The molecule has 0 N–H and O–H groups in total. The van der Waals surface area contributed by atoms with E-state index in [0.717, 1.165) is 37.0 Å². The molecule has 1 fully saturated rings. The van der Waals surface area contributed by atoms with Crippen LogP contribution in [-0.4, -0.2) is 34.2 Å². The monoisotopic (exact) mass is 302 g/mol. The highest BCUT2D eigenvalue weighted by Crippen LogP contribution is 2.27. The Morgan fingerprint density at radius 2 is 2.26 bits per heavy atom. The van der Waals surface area contributed by atoms with Crippen LogP contribution in [0.5, 0.6) is 0 Å². The third-order valence-corrected chi connectivity index (χ3v) is 4.68. The minimum absolute atomic E-state index is 0.000551. The van der Waals surface area contributed by atoms with Gasteiger partial charge in [-0.2, -0.15) is 0 Å². The highest BCUT2D eigenvalue weighted by molar-refractivity contribution is 7.17. The second kappa shape index (κ2) is 6.34. The number of thiophene rings is 1. The number of alkyl halides is 1. The molecule has 0 aromatic carbocycles. The number of nitro groups is 1. The Balaban J connectivity index is 2.17. The molecule has 2 rings (SSSR count). The van der Waals surface area contributed by atoms with Crippen molar-refractivity contribution in [2.45, 2.75) is 31.7 Å². The molecule has 0 spiro atoms. The summed E-state index contributed by atoms with van der Waals surface area (Å²) in [6, 6.07) is 2.95. The lowest BCUT2D eigenvalue weighted by molar-refractivity contribution is -0.380. The number of carbonyl (C=O) groups excluding carboxylic acids is 1. The van der Waals surface area contributed by atoms with Gasteiger partial charge in [0.2, 0.25) is 0 Å². The molecular weight excluding hydrogens is 288 g/mol. The van der Waals surface area contributed by atoms with E-state index in [1.54, 1.807) is 4.90 Å².